The molecule has 3 rings (SSSR count). The summed E-state index contributed by atoms with van der Waals surface area (Å²) < 4.78 is 1.09. The molecule has 0 aliphatic carbocycles. The molecule has 1 amide bonds. The molecular weight excluding hydrogens is 378 g/mol. The molecule has 27 heavy (non-hydrogen) atoms. The summed E-state index contributed by atoms with van der Waals surface area (Å²) in [4.78, 5) is 21.4. The van der Waals surface area contributed by atoms with Gasteiger partial charge in [-0.1, -0.05) is 47.2 Å². The van der Waals surface area contributed by atoms with Crippen LogP contribution in [0.15, 0.2) is 48.5 Å². The molecule has 0 bridgehead atoms. The van der Waals surface area contributed by atoms with Crippen molar-refractivity contribution in [1.29, 1.82) is 0 Å². The molecule has 0 saturated heterocycles. The molecule has 3 aromatic rings. The number of carbonyl (C=O) groups excluding carboxylic acids is 1. The minimum Gasteiger partial charge on any atom is -0.308 e. The van der Waals surface area contributed by atoms with E-state index in [1.165, 1.54) is 16.9 Å². The molecule has 0 fully saturated rings. The number of hydrogen-bond acceptors (Lipinski definition) is 4. The van der Waals surface area contributed by atoms with Crippen LogP contribution < -0.4 is 4.90 Å². The number of thiazole rings is 1. The second-order valence-corrected chi connectivity index (χ2v) is 8.03. The predicted molar refractivity (Wildman–Crippen MR) is 116 cm³/mol. The topological polar surface area (TPSA) is 36.4 Å². The van der Waals surface area contributed by atoms with E-state index in [-0.39, 0.29) is 5.91 Å². The first-order chi connectivity index (χ1) is 12.9. The van der Waals surface area contributed by atoms with Crippen molar-refractivity contribution in [3.05, 3.63) is 64.7 Å². The Bertz CT molecular complexity index is 980. The minimum atomic E-state index is -0.104. The summed E-state index contributed by atoms with van der Waals surface area (Å²) in [5.41, 5.74) is 2.92. The number of benzene rings is 2. The third-order valence-electron chi connectivity index (χ3n) is 4.11. The molecule has 4 nitrogen and oxygen atoms in total. The predicted octanol–water partition coefficient (Wildman–Crippen LogP) is 4.87. The van der Waals surface area contributed by atoms with Gasteiger partial charge in [-0.3, -0.25) is 9.69 Å². The van der Waals surface area contributed by atoms with Crippen LogP contribution in [0.5, 0.6) is 0 Å². The van der Waals surface area contributed by atoms with E-state index in [0.717, 1.165) is 22.3 Å². The quantitative estimate of drug-likeness (QED) is 0.555. The molecule has 0 saturated carbocycles. The average Bonchev–Trinajstić information content (AvgIpc) is 3.03. The third kappa shape index (κ3) is 4.95. The Kier molecular flexibility index (Phi) is 6.26. The van der Waals surface area contributed by atoms with Gasteiger partial charge in [0.15, 0.2) is 5.13 Å². The second-order valence-electron chi connectivity index (χ2n) is 6.62. The first kappa shape index (κ1) is 19.5. The normalized spacial score (nSPS) is 11.6. The van der Waals surface area contributed by atoms with Gasteiger partial charge in [-0.2, -0.15) is 0 Å². The van der Waals surface area contributed by atoms with Gasteiger partial charge in [0.05, 0.1) is 10.2 Å². The fraction of sp³-hybridized carbons (Fsp3) is 0.238. The molecule has 0 atom stereocenters. The molecule has 6 heteroatoms. The summed E-state index contributed by atoms with van der Waals surface area (Å²) in [6.45, 7) is 3.37. The fourth-order valence-electron chi connectivity index (χ4n) is 2.60. The van der Waals surface area contributed by atoms with Gasteiger partial charge < -0.3 is 4.90 Å². The lowest BCUT2D eigenvalue weighted by molar-refractivity contribution is -0.114. The molecule has 0 N–H and O–H groups in total. The van der Waals surface area contributed by atoms with Crippen molar-refractivity contribution in [1.82, 2.24) is 9.88 Å². The number of likely N-dealkylation sites (N-methyl/N-ethyl adjacent to an activating group) is 1. The van der Waals surface area contributed by atoms with E-state index in [1.54, 1.807) is 17.1 Å². The van der Waals surface area contributed by atoms with Gasteiger partial charge in [0.2, 0.25) is 0 Å². The standard InChI is InChI=1S/C21H22ClN3OS/c1-15-8-10-18-19(14-15)27-21(23-18)25(13-12-24(2)3)20(26)11-9-16-6-4-5-7-17(16)22/h4-11,14H,12-13H2,1-3H3. The number of rotatable bonds is 6. The van der Waals surface area contributed by atoms with E-state index in [0.29, 0.717) is 16.7 Å². The van der Waals surface area contributed by atoms with Gasteiger partial charge in [0.25, 0.3) is 5.91 Å². The maximum Gasteiger partial charge on any atom is 0.252 e. The van der Waals surface area contributed by atoms with Crippen molar-refractivity contribution in [2.24, 2.45) is 0 Å². The van der Waals surface area contributed by atoms with Crippen LogP contribution in [0.25, 0.3) is 16.3 Å². The van der Waals surface area contributed by atoms with Gasteiger partial charge in [0, 0.05) is 24.2 Å². The Hall–Kier alpha value is -2.21. The number of carbonyl (C=O) groups is 1. The lowest BCUT2D eigenvalue weighted by Gasteiger charge is -2.20. The Balaban J connectivity index is 1.89. The largest absolute Gasteiger partial charge is 0.308 e. The molecular formula is C21H22ClN3OS. The second kappa shape index (κ2) is 8.65. The van der Waals surface area contributed by atoms with Crippen molar-refractivity contribution in [2.75, 3.05) is 32.1 Å². The van der Waals surface area contributed by atoms with Crippen molar-refractivity contribution in [3.8, 4) is 0 Å². The van der Waals surface area contributed by atoms with Crippen LogP contribution in [0.2, 0.25) is 5.02 Å². The number of aryl methyl sites for hydroxylation is 1. The SMILES string of the molecule is Cc1ccc2nc(N(CCN(C)C)C(=O)C=Cc3ccccc3Cl)sc2c1. The summed E-state index contributed by atoms with van der Waals surface area (Å²) >= 11 is 7.72. The van der Waals surface area contributed by atoms with Crippen molar-refractivity contribution < 1.29 is 4.79 Å². The van der Waals surface area contributed by atoms with E-state index in [9.17, 15) is 4.79 Å². The minimum absolute atomic E-state index is 0.104. The molecule has 1 aromatic heterocycles. The van der Waals surface area contributed by atoms with Gasteiger partial charge in [0.1, 0.15) is 0 Å². The molecule has 2 aromatic carbocycles. The first-order valence-corrected chi connectivity index (χ1v) is 9.89. The lowest BCUT2D eigenvalue weighted by Crippen LogP contribution is -2.35. The Morgan fingerprint density at radius 2 is 1.96 bits per heavy atom. The zero-order valence-corrected chi connectivity index (χ0v) is 17.2. The summed E-state index contributed by atoms with van der Waals surface area (Å²) in [7, 11) is 3.98. The van der Waals surface area contributed by atoms with Gasteiger partial charge in [-0.05, 0) is 56.4 Å². The zero-order chi connectivity index (χ0) is 19.4. The highest BCUT2D eigenvalue weighted by atomic mass is 35.5. The van der Waals surface area contributed by atoms with Gasteiger partial charge >= 0.3 is 0 Å². The smallest absolute Gasteiger partial charge is 0.252 e. The van der Waals surface area contributed by atoms with Gasteiger partial charge in [-0.25, -0.2) is 4.98 Å². The average molecular weight is 400 g/mol. The van der Waals surface area contributed by atoms with Crippen molar-refractivity contribution in [2.45, 2.75) is 6.92 Å². The van der Waals surface area contributed by atoms with Crippen LogP contribution in [0.4, 0.5) is 5.13 Å². The fourth-order valence-corrected chi connectivity index (χ4v) is 3.89. The summed E-state index contributed by atoms with van der Waals surface area (Å²) in [5, 5.41) is 1.34. The maximum absolute atomic E-state index is 12.9. The maximum atomic E-state index is 12.9. The first-order valence-electron chi connectivity index (χ1n) is 8.70. The number of nitrogens with zero attached hydrogens (tertiary/aromatic N) is 3. The lowest BCUT2D eigenvalue weighted by atomic mass is 10.2. The zero-order valence-electron chi connectivity index (χ0n) is 15.6. The molecule has 140 valence electrons. The van der Waals surface area contributed by atoms with Crippen LogP contribution in [-0.2, 0) is 4.79 Å². The molecule has 1 heterocycles. The Morgan fingerprint density at radius 1 is 1.19 bits per heavy atom. The highest BCUT2D eigenvalue weighted by Gasteiger charge is 2.18. The number of halogens is 1. The van der Waals surface area contributed by atoms with E-state index in [2.05, 4.69) is 22.9 Å². The van der Waals surface area contributed by atoms with Gasteiger partial charge in [-0.15, -0.1) is 0 Å². The van der Waals surface area contributed by atoms with Crippen LogP contribution in [0.3, 0.4) is 0 Å². The van der Waals surface area contributed by atoms with Crippen LogP contribution in [-0.4, -0.2) is 43.0 Å². The summed E-state index contributed by atoms with van der Waals surface area (Å²) in [6.07, 6.45) is 3.32. The molecule has 0 spiro atoms. The van der Waals surface area contributed by atoms with E-state index in [4.69, 9.17) is 11.6 Å². The van der Waals surface area contributed by atoms with Crippen LogP contribution in [0.1, 0.15) is 11.1 Å². The highest BCUT2D eigenvalue weighted by molar-refractivity contribution is 7.22. The molecule has 0 aliphatic rings. The molecule has 0 unspecified atom stereocenters. The summed E-state index contributed by atoms with van der Waals surface area (Å²) in [6, 6.07) is 13.6. The highest BCUT2D eigenvalue weighted by Crippen LogP contribution is 2.30. The Morgan fingerprint density at radius 3 is 2.70 bits per heavy atom. The molecule has 0 aliphatic heterocycles. The number of amides is 1. The van der Waals surface area contributed by atoms with Crippen LogP contribution >= 0.6 is 22.9 Å². The molecule has 0 radical (unpaired) electrons. The number of aromatic nitrogens is 1. The summed E-state index contributed by atoms with van der Waals surface area (Å²) in [5.74, 6) is -0.104. The monoisotopic (exact) mass is 399 g/mol. The van der Waals surface area contributed by atoms with E-state index < -0.39 is 0 Å². The number of fused-ring (bicyclic) bond motifs is 1. The Labute approximate surface area is 168 Å². The van der Waals surface area contributed by atoms with Crippen molar-refractivity contribution in [3.63, 3.8) is 0 Å². The third-order valence-corrected chi connectivity index (χ3v) is 5.50. The van der Waals surface area contributed by atoms with Crippen molar-refractivity contribution >= 4 is 50.3 Å². The van der Waals surface area contributed by atoms with Crippen LogP contribution in [0, 0.1) is 6.92 Å². The number of hydrogen-bond donors (Lipinski definition) is 0. The van der Waals surface area contributed by atoms with E-state index in [1.807, 2.05) is 50.5 Å². The number of anilines is 1. The van der Waals surface area contributed by atoms with E-state index >= 15 is 0 Å².